The van der Waals surface area contributed by atoms with Gasteiger partial charge in [0.1, 0.15) is 11.5 Å². The van der Waals surface area contributed by atoms with Gasteiger partial charge in [-0.1, -0.05) is 11.6 Å². The Morgan fingerprint density at radius 1 is 1.05 bits per heavy atom. The highest BCUT2D eigenvalue weighted by molar-refractivity contribution is 6.35. The van der Waals surface area contributed by atoms with Crippen LogP contribution < -0.4 is 15.2 Å². The summed E-state index contributed by atoms with van der Waals surface area (Å²) in [5, 5.41) is 0.316. The van der Waals surface area contributed by atoms with Gasteiger partial charge in [-0.2, -0.15) is 0 Å². The van der Waals surface area contributed by atoms with Gasteiger partial charge in [-0.25, -0.2) is 0 Å². The van der Waals surface area contributed by atoms with E-state index >= 15 is 0 Å². The SMILES string of the molecule is COc1cc(OC)cc(C(=O)c2ccc(N)cc2Cl)c1. The van der Waals surface area contributed by atoms with Crippen LogP contribution in [0.2, 0.25) is 5.02 Å². The van der Waals surface area contributed by atoms with Crippen LogP contribution in [0.25, 0.3) is 0 Å². The van der Waals surface area contributed by atoms with Crippen LogP contribution in [0, 0.1) is 0 Å². The molecule has 0 aliphatic carbocycles. The Labute approximate surface area is 122 Å². The lowest BCUT2D eigenvalue weighted by Gasteiger charge is -2.09. The summed E-state index contributed by atoms with van der Waals surface area (Å²) in [6.07, 6.45) is 0. The first-order valence-electron chi connectivity index (χ1n) is 5.88. The predicted molar refractivity (Wildman–Crippen MR) is 78.8 cm³/mol. The number of ether oxygens (including phenoxy) is 2. The maximum atomic E-state index is 12.5. The number of benzene rings is 2. The second kappa shape index (κ2) is 5.84. The standard InChI is InChI=1S/C15H14ClNO3/c1-19-11-5-9(6-12(8-11)20-2)15(18)13-4-3-10(17)7-14(13)16/h3-8H,17H2,1-2H3. The van der Waals surface area contributed by atoms with Gasteiger partial charge in [0.25, 0.3) is 0 Å². The molecule has 0 saturated heterocycles. The van der Waals surface area contributed by atoms with E-state index in [4.69, 9.17) is 26.8 Å². The molecular formula is C15H14ClNO3. The number of anilines is 1. The summed E-state index contributed by atoms with van der Waals surface area (Å²) < 4.78 is 10.3. The van der Waals surface area contributed by atoms with Crippen LogP contribution in [0.15, 0.2) is 36.4 Å². The Morgan fingerprint density at radius 2 is 1.65 bits per heavy atom. The minimum Gasteiger partial charge on any atom is -0.497 e. The Bertz CT molecular complexity index is 633. The van der Waals surface area contributed by atoms with Gasteiger partial charge in [-0.3, -0.25) is 4.79 Å². The van der Waals surface area contributed by atoms with Crippen molar-refractivity contribution in [1.82, 2.24) is 0 Å². The molecule has 20 heavy (non-hydrogen) atoms. The summed E-state index contributed by atoms with van der Waals surface area (Å²) in [4.78, 5) is 12.5. The topological polar surface area (TPSA) is 61.5 Å². The number of carbonyl (C=O) groups excluding carboxylic acids is 1. The molecule has 0 unspecified atom stereocenters. The summed E-state index contributed by atoms with van der Waals surface area (Å²) in [5.41, 5.74) is 6.95. The summed E-state index contributed by atoms with van der Waals surface area (Å²) in [5.74, 6) is 0.866. The van der Waals surface area contributed by atoms with E-state index in [0.29, 0.717) is 33.3 Å². The van der Waals surface area contributed by atoms with E-state index in [1.165, 1.54) is 14.2 Å². The fourth-order valence-electron chi connectivity index (χ4n) is 1.81. The first-order valence-corrected chi connectivity index (χ1v) is 6.25. The lowest BCUT2D eigenvalue weighted by molar-refractivity contribution is 0.103. The third-order valence-electron chi connectivity index (χ3n) is 2.85. The number of nitrogens with two attached hydrogens (primary N) is 1. The molecule has 0 aromatic heterocycles. The van der Waals surface area contributed by atoms with Gasteiger partial charge in [0.05, 0.1) is 19.2 Å². The molecule has 0 saturated carbocycles. The van der Waals surface area contributed by atoms with Gasteiger partial charge in [0.15, 0.2) is 5.78 Å². The zero-order valence-corrected chi connectivity index (χ0v) is 11.9. The first-order chi connectivity index (χ1) is 9.55. The van der Waals surface area contributed by atoms with Crippen LogP contribution in [0.4, 0.5) is 5.69 Å². The summed E-state index contributed by atoms with van der Waals surface area (Å²) in [7, 11) is 3.05. The third-order valence-corrected chi connectivity index (χ3v) is 3.16. The number of ketones is 1. The molecule has 4 nitrogen and oxygen atoms in total. The molecule has 0 heterocycles. The molecule has 0 aliphatic heterocycles. The van der Waals surface area contributed by atoms with Gasteiger partial charge < -0.3 is 15.2 Å². The smallest absolute Gasteiger partial charge is 0.194 e. The number of rotatable bonds is 4. The van der Waals surface area contributed by atoms with Crippen LogP contribution in [-0.4, -0.2) is 20.0 Å². The summed E-state index contributed by atoms with van der Waals surface area (Å²) in [6.45, 7) is 0. The van der Waals surface area contributed by atoms with Gasteiger partial charge in [-0.15, -0.1) is 0 Å². The average Bonchev–Trinajstić information content (AvgIpc) is 2.46. The Kier molecular flexibility index (Phi) is 4.15. The van der Waals surface area contributed by atoms with Crippen LogP contribution >= 0.6 is 11.6 Å². The lowest BCUT2D eigenvalue weighted by atomic mass is 10.0. The third kappa shape index (κ3) is 2.86. The molecule has 0 spiro atoms. The molecule has 2 N–H and O–H groups in total. The monoisotopic (exact) mass is 291 g/mol. The van der Waals surface area contributed by atoms with E-state index in [1.807, 2.05) is 0 Å². The maximum absolute atomic E-state index is 12.5. The summed E-state index contributed by atoms with van der Waals surface area (Å²) >= 11 is 6.06. The van der Waals surface area contributed by atoms with E-state index in [1.54, 1.807) is 36.4 Å². The Morgan fingerprint density at radius 3 is 2.15 bits per heavy atom. The second-order valence-electron chi connectivity index (χ2n) is 4.17. The highest BCUT2D eigenvalue weighted by Gasteiger charge is 2.15. The Balaban J connectivity index is 2.47. The zero-order valence-electron chi connectivity index (χ0n) is 11.1. The van der Waals surface area contributed by atoms with E-state index in [0.717, 1.165) is 0 Å². The number of methoxy groups -OCH3 is 2. The second-order valence-corrected chi connectivity index (χ2v) is 4.58. The highest BCUT2D eigenvalue weighted by Crippen LogP contribution is 2.27. The normalized spacial score (nSPS) is 10.2. The van der Waals surface area contributed by atoms with Crippen molar-refractivity contribution in [3.63, 3.8) is 0 Å². The van der Waals surface area contributed by atoms with Crippen molar-refractivity contribution in [1.29, 1.82) is 0 Å². The molecule has 0 bridgehead atoms. The molecular weight excluding hydrogens is 278 g/mol. The van der Waals surface area contributed by atoms with E-state index in [-0.39, 0.29) is 5.78 Å². The van der Waals surface area contributed by atoms with E-state index in [2.05, 4.69) is 0 Å². The van der Waals surface area contributed by atoms with E-state index in [9.17, 15) is 4.79 Å². The molecule has 2 rings (SSSR count). The van der Waals surface area contributed by atoms with Crippen LogP contribution in [0.5, 0.6) is 11.5 Å². The van der Waals surface area contributed by atoms with Gasteiger partial charge in [-0.05, 0) is 30.3 Å². The summed E-state index contributed by atoms with van der Waals surface area (Å²) in [6, 6.07) is 9.76. The fourth-order valence-corrected chi connectivity index (χ4v) is 2.08. The van der Waals surface area contributed by atoms with E-state index < -0.39 is 0 Å². The zero-order chi connectivity index (χ0) is 14.7. The molecule has 0 fully saturated rings. The number of carbonyl (C=O) groups is 1. The van der Waals surface area contributed by atoms with Gasteiger partial charge >= 0.3 is 0 Å². The van der Waals surface area contributed by atoms with Crippen molar-refractivity contribution < 1.29 is 14.3 Å². The molecule has 0 atom stereocenters. The average molecular weight is 292 g/mol. The number of hydrogen-bond donors (Lipinski definition) is 1. The quantitative estimate of drug-likeness (QED) is 0.694. The van der Waals surface area contributed by atoms with Crippen molar-refractivity contribution in [3.05, 3.63) is 52.5 Å². The van der Waals surface area contributed by atoms with Crippen molar-refractivity contribution in [2.75, 3.05) is 20.0 Å². The number of nitrogen functional groups attached to an aromatic ring is 1. The number of halogens is 1. The molecule has 0 radical (unpaired) electrons. The minimum absolute atomic E-state index is 0.216. The van der Waals surface area contributed by atoms with Gasteiger partial charge in [0.2, 0.25) is 0 Å². The van der Waals surface area contributed by atoms with Crippen molar-refractivity contribution >= 4 is 23.1 Å². The van der Waals surface area contributed by atoms with Crippen molar-refractivity contribution in [2.45, 2.75) is 0 Å². The van der Waals surface area contributed by atoms with Crippen molar-refractivity contribution in [3.8, 4) is 11.5 Å². The predicted octanol–water partition coefficient (Wildman–Crippen LogP) is 3.17. The molecule has 2 aromatic carbocycles. The van der Waals surface area contributed by atoms with Crippen LogP contribution in [0.1, 0.15) is 15.9 Å². The molecule has 104 valence electrons. The van der Waals surface area contributed by atoms with Crippen molar-refractivity contribution in [2.24, 2.45) is 0 Å². The Hall–Kier alpha value is -2.20. The molecule has 0 aliphatic rings. The molecule has 0 amide bonds. The lowest BCUT2D eigenvalue weighted by Crippen LogP contribution is -2.04. The fraction of sp³-hybridized carbons (Fsp3) is 0.133. The van der Waals surface area contributed by atoms with Gasteiger partial charge in [0, 0.05) is 22.9 Å². The minimum atomic E-state index is -0.216. The maximum Gasteiger partial charge on any atom is 0.194 e. The first kappa shape index (κ1) is 14.2. The van der Waals surface area contributed by atoms with Crippen LogP contribution in [0.3, 0.4) is 0 Å². The molecule has 2 aromatic rings. The van der Waals surface area contributed by atoms with Crippen LogP contribution in [-0.2, 0) is 0 Å². The molecule has 5 heteroatoms. The highest BCUT2D eigenvalue weighted by atomic mass is 35.5. The largest absolute Gasteiger partial charge is 0.497 e. The number of hydrogen-bond acceptors (Lipinski definition) is 4.